The molecule has 1 fully saturated rings. The Hall–Kier alpha value is -4.19. The maximum Gasteiger partial charge on any atom is 0.435 e. The van der Waals surface area contributed by atoms with Crippen molar-refractivity contribution in [3.8, 4) is 0 Å². The highest BCUT2D eigenvalue weighted by atomic mass is 19.4. The minimum Gasteiger partial charge on any atom is -0.396 e. The minimum absolute atomic E-state index is 0.0169. The van der Waals surface area contributed by atoms with Crippen LogP contribution in [-0.4, -0.2) is 50.5 Å². The number of halogens is 3. The second kappa shape index (κ2) is 10.3. The molecular formula is C26H26F3N7O2. The Morgan fingerprint density at radius 3 is 2.68 bits per heavy atom. The number of nitrogen functional groups attached to an aromatic ring is 1. The zero-order valence-electron chi connectivity index (χ0n) is 20.3. The molecule has 1 saturated heterocycles. The fourth-order valence-electron chi connectivity index (χ4n) is 4.59. The molecule has 198 valence electrons. The number of carbonyl (C=O) groups is 1. The summed E-state index contributed by atoms with van der Waals surface area (Å²) in [6.45, 7) is 1.66. The molecule has 1 aliphatic heterocycles. The number of nitrogens with one attached hydrogen (secondary N) is 1. The average Bonchev–Trinajstić information content (AvgIpc) is 3.55. The van der Waals surface area contributed by atoms with Crippen LogP contribution in [0.4, 0.5) is 24.8 Å². The van der Waals surface area contributed by atoms with Crippen LogP contribution in [0, 0.1) is 5.92 Å². The molecule has 1 aliphatic rings. The lowest BCUT2D eigenvalue weighted by atomic mass is 10.1. The van der Waals surface area contributed by atoms with Crippen LogP contribution < -0.4 is 16.0 Å². The van der Waals surface area contributed by atoms with E-state index in [-0.39, 0.29) is 25.6 Å². The number of carbonyl (C=O) groups excluding carboxylic acids is 1. The lowest BCUT2D eigenvalue weighted by Crippen LogP contribution is -2.25. The van der Waals surface area contributed by atoms with E-state index in [1.807, 2.05) is 0 Å². The summed E-state index contributed by atoms with van der Waals surface area (Å²) in [6.07, 6.45) is 0.327. The lowest BCUT2D eigenvalue weighted by molar-refractivity contribution is -0.141. The number of aromatic nitrogens is 4. The van der Waals surface area contributed by atoms with E-state index in [1.54, 1.807) is 48.8 Å². The van der Waals surface area contributed by atoms with Crippen LogP contribution in [0.2, 0.25) is 0 Å². The predicted molar refractivity (Wildman–Crippen MR) is 135 cm³/mol. The van der Waals surface area contributed by atoms with E-state index in [9.17, 15) is 23.1 Å². The van der Waals surface area contributed by atoms with Crippen molar-refractivity contribution in [3.63, 3.8) is 0 Å². The van der Waals surface area contributed by atoms with Crippen LogP contribution in [-0.2, 0) is 19.3 Å². The van der Waals surface area contributed by atoms with E-state index in [0.29, 0.717) is 23.5 Å². The van der Waals surface area contributed by atoms with Gasteiger partial charge in [-0.25, -0.2) is 9.97 Å². The van der Waals surface area contributed by atoms with E-state index in [2.05, 4.69) is 25.3 Å². The fraction of sp³-hybridized carbons (Fsp3) is 0.308. The van der Waals surface area contributed by atoms with Gasteiger partial charge in [-0.1, -0.05) is 18.2 Å². The van der Waals surface area contributed by atoms with Crippen molar-refractivity contribution in [2.45, 2.75) is 25.7 Å². The molecule has 0 spiro atoms. The maximum atomic E-state index is 13.7. The van der Waals surface area contributed by atoms with Crippen LogP contribution >= 0.6 is 0 Å². The molecule has 0 radical (unpaired) electrons. The van der Waals surface area contributed by atoms with Gasteiger partial charge in [0.2, 0.25) is 0 Å². The van der Waals surface area contributed by atoms with Crippen molar-refractivity contribution in [2.24, 2.45) is 5.92 Å². The number of amides is 1. The van der Waals surface area contributed by atoms with E-state index in [0.717, 1.165) is 40.4 Å². The van der Waals surface area contributed by atoms with Gasteiger partial charge in [0.05, 0.1) is 12.1 Å². The zero-order valence-corrected chi connectivity index (χ0v) is 20.3. The van der Waals surface area contributed by atoms with Crippen LogP contribution in [0.25, 0.3) is 10.8 Å². The summed E-state index contributed by atoms with van der Waals surface area (Å²) in [5.41, 5.74) is 5.40. The molecule has 1 unspecified atom stereocenters. The molecule has 12 heteroatoms. The monoisotopic (exact) mass is 525 g/mol. The first-order valence-electron chi connectivity index (χ1n) is 12.1. The van der Waals surface area contributed by atoms with Crippen molar-refractivity contribution < 1.29 is 23.1 Å². The van der Waals surface area contributed by atoms with E-state index in [4.69, 9.17) is 5.73 Å². The molecule has 0 aliphatic carbocycles. The van der Waals surface area contributed by atoms with Crippen LogP contribution in [0.3, 0.4) is 0 Å². The average molecular weight is 526 g/mol. The molecule has 4 aromatic rings. The number of aliphatic hydroxyl groups is 1. The molecule has 38 heavy (non-hydrogen) atoms. The maximum absolute atomic E-state index is 13.7. The van der Waals surface area contributed by atoms with Crippen molar-refractivity contribution in [1.82, 2.24) is 25.1 Å². The topological polar surface area (TPSA) is 122 Å². The Labute approximate surface area is 216 Å². The van der Waals surface area contributed by atoms with Crippen molar-refractivity contribution >= 4 is 28.3 Å². The number of aliphatic hydroxyl groups excluding tert-OH is 1. The van der Waals surface area contributed by atoms with Gasteiger partial charge in [-0.15, -0.1) is 0 Å². The molecule has 0 saturated carbocycles. The summed E-state index contributed by atoms with van der Waals surface area (Å²) in [5, 5.41) is 17.1. The number of nitrogens with two attached hydrogens (primary N) is 1. The Morgan fingerprint density at radius 2 is 1.97 bits per heavy atom. The van der Waals surface area contributed by atoms with Gasteiger partial charge in [-0.3, -0.25) is 9.48 Å². The molecule has 1 aromatic carbocycles. The van der Waals surface area contributed by atoms with Gasteiger partial charge in [-0.2, -0.15) is 18.3 Å². The summed E-state index contributed by atoms with van der Waals surface area (Å²) in [7, 11) is 0. The molecule has 4 N–H and O–H groups in total. The van der Waals surface area contributed by atoms with Gasteiger partial charge in [0.1, 0.15) is 11.6 Å². The van der Waals surface area contributed by atoms with Crippen molar-refractivity contribution in [2.75, 3.05) is 30.3 Å². The molecule has 4 heterocycles. The highest BCUT2D eigenvalue weighted by Crippen LogP contribution is 2.31. The largest absolute Gasteiger partial charge is 0.435 e. The third-order valence-electron chi connectivity index (χ3n) is 6.61. The smallest absolute Gasteiger partial charge is 0.396 e. The minimum atomic E-state index is -4.80. The zero-order chi connectivity index (χ0) is 26.9. The highest BCUT2D eigenvalue weighted by Gasteiger charge is 2.39. The first-order chi connectivity index (χ1) is 18.2. The Morgan fingerprint density at radius 1 is 1.16 bits per heavy atom. The number of pyridine rings is 2. The number of benzene rings is 1. The molecule has 5 rings (SSSR count). The van der Waals surface area contributed by atoms with Crippen LogP contribution in [0.15, 0.2) is 55.0 Å². The highest BCUT2D eigenvalue weighted by molar-refractivity contribution is 5.95. The SMILES string of the molecule is Nc1nccc2cc(CNC(=O)c3cn(Cc4ccc(N5CCC(CO)C5)nc4)nc3C(F)(F)F)ccc12. The van der Waals surface area contributed by atoms with E-state index < -0.39 is 23.3 Å². The molecule has 1 atom stereocenters. The molecule has 3 aromatic heterocycles. The number of rotatable bonds is 7. The molecular weight excluding hydrogens is 499 g/mol. The summed E-state index contributed by atoms with van der Waals surface area (Å²) in [6, 6.07) is 10.6. The van der Waals surface area contributed by atoms with Gasteiger partial charge in [0.25, 0.3) is 5.91 Å². The summed E-state index contributed by atoms with van der Waals surface area (Å²) in [4.78, 5) is 23.3. The number of fused-ring (bicyclic) bond motifs is 1. The van der Waals surface area contributed by atoms with Crippen molar-refractivity contribution in [3.05, 3.63) is 77.4 Å². The number of alkyl halides is 3. The second-order valence-electron chi connectivity index (χ2n) is 9.33. The Kier molecular flexibility index (Phi) is 6.89. The van der Waals surface area contributed by atoms with E-state index in [1.165, 1.54) is 0 Å². The number of hydrogen-bond donors (Lipinski definition) is 3. The predicted octanol–water partition coefficient (Wildman–Crippen LogP) is 3.22. The van der Waals surface area contributed by atoms with Gasteiger partial charge in [0, 0.05) is 56.1 Å². The number of nitrogens with zero attached hydrogens (tertiary/aromatic N) is 5. The Balaban J connectivity index is 1.29. The third kappa shape index (κ3) is 5.40. The number of hydrogen-bond acceptors (Lipinski definition) is 7. The first-order valence-corrected chi connectivity index (χ1v) is 12.1. The Bertz CT molecular complexity index is 1450. The summed E-state index contributed by atoms with van der Waals surface area (Å²) >= 11 is 0. The molecule has 0 bridgehead atoms. The van der Waals surface area contributed by atoms with Crippen molar-refractivity contribution in [1.29, 1.82) is 0 Å². The second-order valence-corrected chi connectivity index (χ2v) is 9.33. The quantitative estimate of drug-likeness (QED) is 0.339. The van der Waals surface area contributed by atoms with Gasteiger partial charge in [-0.05, 0) is 41.1 Å². The normalized spacial score (nSPS) is 15.8. The van der Waals surface area contributed by atoms with Gasteiger partial charge in [0.15, 0.2) is 5.69 Å². The lowest BCUT2D eigenvalue weighted by Gasteiger charge is -2.17. The molecule has 9 nitrogen and oxygen atoms in total. The summed E-state index contributed by atoms with van der Waals surface area (Å²) in [5.74, 6) is 0.451. The fourth-order valence-corrected chi connectivity index (χ4v) is 4.59. The van der Waals surface area contributed by atoms with E-state index >= 15 is 0 Å². The standard InChI is InChI=1S/C26H26F3N7O2/c27-26(28,29)23-21(25(38)33-10-16-1-3-20-19(9-16)5-7-31-24(20)30)14-36(34-23)13-17-2-4-22(32-11-17)35-8-6-18(12-35)15-37/h1-5,7,9,11,14,18,37H,6,8,10,12-13,15H2,(H2,30,31)(H,33,38). The summed E-state index contributed by atoms with van der Waals surface area (Å²) < 4.78 is 42.2. The van der Waals surface area contributed by atoms with Gasteiger partial charge < -0.3 is 21.1 Å². The first kappa shape index (κ1) is 25.5. The van der Waals surface area contributed by atoms with Crippen LogP contribution in [0.5, 0.6) is 0 Å². The van der Waals surface area contributed by atoms with Crippen LogP contribution in [0.1, 0.15) is 33.6 Å². The van der Waals surface area contributed by atoms with Gasteiger partial charge >= 0.3 is 6.18 Å². The molecule has 1 amide bonds. The third-order valence-corrected chi connectivity index (χ3v) is 6.61. The number of anilines is 2.